The van der Waals surface area contributed by atoms with Gasteiger partial charge in [-0.05, 0) is 12.1 Å². The molecule has 2 aromatic rings. The van der Waals surface area contributed by atoms with Crippen molar-refractivity contribution >= 4 is 11.3 Å². The monoisotopic (exact) mass is 300 g/mol. The second kappa shape index (κ2) is 5.18. The van der Waals surface area contributed by atoms with Crippen molar-refractivity contribution in [1.29, 1.82) is 0 Å². The molecule has 0 unspecified atom stereocenters. The highest BCUT2D eigenvalue weighted by Gasteiger charge is 2.23. The molecule has 0 fully saturated rings. The standard InChI is InChI=1S/C14H15F3N2S/c1-14(2,3)12-10(6-18)20-13(19-12)7-4-8(15)11(17)9(16)5-7/h4-5H,6,18H2,1-3H3. The van der Waals surface area contributed by atoms with Crippen molar-refractivity contribution < 1.29 is 13.2 Å². The van der Waals surface area contributed by atoms with Gasteiger partial charge in [0.05, 0.1) is 5.69 Å². The van der Waals surface area contributed by atoms with Gasteiger partial charge in [0.25, 0.3) is 0 Å². The third-order valence-corrected chi connectivity index (χ3v) is 3.95. The predicted octanol–water partition coefficient (Wildman–Crippen LogP) is 3.98. The molecule has 0 radical (unpaired) electrons. The summed E-state index contributed by atoms with van der Waals surface area (Å²) in [5.41, 5.74) is 6.48. The van der Waals surface area contributed by atoms with E-state index in [-0.39, 0.29) is 11.0 Å². The first-order valence-electron chi connectivity index (χ1n) is 6.09. The average Bonchev–Trinajstić information content (AvgIpc) is 2.79. The number of hydrogen-bond donors (Lipinski definition) is 1. The van der Waals surface area contributed by atoms with Gasteiger partial charge in [-0.3, -0.25) is 0 Å². The summed E-state index contributed by atoms with van der Waals surface area (Å²) in [6.45, 7) is 6.25. The molecular weight excluding hydrogens is 285 g/mol. The first kappa shape index (κ1) is 15.0. The van der Waals surface area contributed by atoms with E-state index in [4.69, 9.17) is 5.73 Å². The molecule has 0 saturated carbocycles. The molecule has 0 spiro atoms. The molecule has 6 heteroatoms. The number of nitrogens with two attached hydrogens (primary N) is 1. The Hall–Kier alpha value is -1.40. The summed E-state index contributed by atoms with van der Waals surface area (Å²) in [6, 6.07) is 1.90. The fourth-order valence-electron chi connectivity index (χ4n) is 1.88. The Bertz CT molecular complexity index is 621. The van der Waals surface area contributed by atoms with E-state index in [1.54, 1.807) is 0 Å². The van der Waals surface area contributed by atoms with Crippen molar-refractivity contribution in [3.63, 3.8) is 0 Å². The molecule has 0 bridgehead atoms. The largest absolute Gasteiger partial charge is 0.326 e. The van der Waals surface area contributed by atoms with E-state index >= 15 is 0 Å². The maximum atomic E-state index is 13.3. The van der Waals surface area contributed by atoms with Gasteiger partial charge in [-0.1, -0.05) is 20.8 Å². The molecule has 2 nitrogen and oxygen atoms in total. The molecule has 1 aromatic carbocycles. The van der Waals surface area contributed by atoms with Crippen LogP contribution in [0.2, 0.25) is 0 Å². The van der Waals surface area contributed by atoms with Crippen LogP contribution >= 0.6 is 11.3 Å². The molecule has 0 amide bonds. The molecule has 1 heterocycles. The van der Waals surface area contributed by atoms with Crippen molar-refractivity contribution in [2.24, 2.45) is 5.73 Å². The van der Waals surface area contributed by atoms with Gasteiger partial charge in [-0.15, -0.1) is 11.3 Å². The van der Waals surface area contributed by atoms with Crippen LogP contribution in [0.25, 0.3) is 10.6 Å². The summed E-state index contributed by atoms with van der Waals surface area (Å²) < 4.78 is 39.6. The topological polar surface area (TPSA) is 38.9 Å². The fourth-order valence-corrected chi connectivity index (χ4v) is 3.02. The minimum atomic E-state index is -1.47. The highest BCUT2D eigenvalue weighted by Crippen LogP contribution is 2.35. The fraction of sp³-hybridized carbons (Fsp3) is 0.357. The number of nitrogens with zero attached hydrogens (tertiary/aromatic N) is 1. The SMILES string of the molecule is CC(C)(C)c1nc(-c2cc(F)c(F)c(F)c2)sc1CN. The summed E-state index contributed by atoms with van der Waals surface area (Å²) in [5.74, 6) is -3.91. The lowest BCUT2D eigenvalue weighted by atomic mass is 9.91. The van der Waals surface area contributed by atoms with Crippen LogP contribution in [-0.4, -0.2) is 4.98 Å². The van der Waals surface area contributed by atoms with Crippen LogP contribution in [0.5, 0.6) is 0 Å². The third kappa shape index (κ3) is 2.71. The average molecular weight is 300 g/mol. The van der Waals surface area contributed by atoms with Gasteiger partial charge in [0, 0.05) is 22.4 Å². The minimum Gasteiger partial charge on any atom is -0.326 e. The van der Waals surface area contributed by atoms with Gasteiger partial charge in [0.2, 0.25) is 0 Å². The van der Waals surface area contributed by atoms with Crippen molar-refractivity contribution in [3.8, 4) is 10.6 Å². The molecule has 108 valence electrons. The molecule has 1 aromatic heterocycles. The van der Waals surface area contributed by atoms with Crippen LogP contribution in [0, 0.1) is 17.5 Å². The normalized spacial score (nSPS) is 11.9. The van der Waals surface area contributed by atoms with E-state index in [1.807, 2.05) is 20.8 Å². The maximum absolute atomic E-state index is 13.3. The summed E-state index contributed by atoms with van der Waals surface area (Å²) in [6.07, 6.45) is 0. The van der Waals surface area contributed by atoms with Gasteiger partial charge in [-0.25, -0.2) is 18.2 Å². The molecule has 2 N–H and O–H groups in total. The van der Waals surface area contributed by atoms with Crippen LogP contribution in [0.1, 0.15) is 31.3 Å². The van der Waals surface area contributed by atoms with Crippen molar-refractivity contribution in [1.82, 2.24) is 4.98 Å². The van der Waals surface area contributed by atoms with Crippen LogP contribution in [0.3, 0.4) is 0 Å². The summed E-state index contributed by atoms with van der Waals surface area (Å²) in [4.78, 5) is 5.28. The van der Waals surface area contributed by atoms with Crippen molar-refractivity contribution in [2.75, 3.05) is 0 Å². The zero-order chi connectivity index (χ0) is 15.1. The molecule has 0 atom stereocenters. The van der Waals surface area contributed by atoms with Gasteiger partial charge in [0.15, 0.2) is 17.5 Å². The van der Waals surface area contributed by atoms with Gasteiger partial charge in [-0.2, -0.15) is 0 Å². The highest BCUT2D eigenvalue weighted by atomic mass is 32.1. The van der Waals surface area contributed by atoms with Gasteiger partial charge < -0.3 is 5.73 Å². The summed E-state index contributed by atoms with van der Waals surface area (Å²) in [7, 11) is 0. The Morgan fingerprint density at radius 1 is 1.15 bits per heavy atom. The van der Waals surface area contributed by atoms with Gasteiger partial charge >= 0.3 is 0 Å². The lowest BCUT2D eigenvalue weighted by Gasteiger charge is -2.16. The van der Waals surface area contributed by atoms with E-state index in [0.717, 1.165) is 22.7 Å². The van der Waals surface area contributed by atoms with Crippen LogP contribution in [0.4, 0.5) is 13.2 Å². The van der Waals surface area contributed by atoms with E-state index in [0.29, 0.717) is 11.6 Å². The van der Waals surface area contributed by atoms with E-state index in [2.05, 4.69) is 4.98 Å². The zero-order valence-corrected chi connectivity index (χ0v) is 12.2. The molecule has 0 aliphatic rings. The Balaban J connectivity index is 2.57. The van der Waals surface area contributed by atoms with Gasteiger partial charge in [0.1, 0.15) is 5.01 Å². The summed E-state index contributed by atoms with van der Waals surface area (Å²) >= 11 is 1.27. The lowest BCUT2D eigenvalue weighted by molar-refractivity contribution is 0.447. The molecule has 0 saturated heterocycles. The number of benzene rings is 1. The number of thiazole rings is 1. The molecule has 0 aliphatic heterocycles. The number of rotatable bonds is 2. The lowest BCUT2D eigenvalue weighted by Crippen LogP contribution is -2.15. The van der Waals surface area contributed by atoms with E-state index in [9.17, 15) is 13.2 Å². The Kier molecular flexibility index (Phi) is 3.88. The van der Waals surface area contributed by atoms with E-state index in [1.165, 1.54) is 11.3 Å². The minimum absolute atomic E-state index is 0.219. The quantitative estimate of drug-likeness (QED) is 0.852. The number of aromatic nitrogens is 1. The van der Waals surface area contributed by atoms with Crippen LogP contribution in [0.15, 0.2) is 12.1 Å². The van der Waals surface area contributed by atoms with Crippen LogP contribution < -0.4 is 5.73 Å². The van der Waals surface area contributed by atoms with E-state index < -0.39 is 17.5 Å². The maximum Gasteiger partial charge on any atom is 0.194 e. The second-order valence-corrected chi connectivity index (χ2v) is 6.58. The molecule has 20 heavy (non-hydrogen) atoms. The third-order valence-electron chi connectivity index (χ3n) is 2.82. The van der Waals surface area contributed by atoms with Crippen LogP contribution in [-0.2, 0) is 12.0 Å². The molecule has 0 aliphatic carbocycles. The number of hydrogen-bond acceptors (Lipinski definition) is 3. The smallest absolute Gasteiger partial charge is 0.194 e. The number of halogens is 3. The highest BCUT2D eigenvalue weighted by molar-refractivity contribution is 7.15. The first-order chi connectivity index (χ1) is 9.24. The molecular formula is C14H15F3N2S. The first-order valence-corrected chi connectivity index (χ1v) is 6.91. The van der Waals surface area contributed by atoms with Crippen molar-refractivity contribution in [2.45, 2.75) is 32.7 Å². The Labute approximate surface area is 119 Å². The second-order valence-electron chi connectivity index (χ2n) is 5.50. The summed E-state index contributed by atoms with van der Waals surface area (Å²) in [5, 5.41) is 0.438. The van der Waals surface area contributed by atoms with Crippen molar-refractivity contribution in [3.05, 3.63) is 40.2 Å². The Morgan fingerprint density at radius 3 is 2.10 bits per heavy atom. The molecule has 2 rings (SSSR count). The zero-order valence-electron chi connectivity index (χ0n) is 11.4. The predicted molar refractivity (Wildman–Crippen MR) is 74.0 cm³/mol. The Morgan fingerprint density at radius 2 is 1.70 bits per heavy atom.